The molecule has 0 aromatic heterocycles. The van der Waals surface area contributed by atoms with Crippen molar-refractivity contribution < 1.29 is 14.0 Å². The van der Waals surface area contributed by atoms with E-state index in [1.165, 1.54) is 24.3 Å². The molecule has 6 heteroatoms. The van der Waals surface area contributed by atoms with Crippen molar-refractivity contribution in [3.63, 3.8) is 0 Å². The van der Waals surface area contributed by atoms with Gasteiger partial charge in [0.25, 0.3) is 5.91 Å². The average Bonchev–Trinajstić information content (AvgIpc) is 2.34. The average molecular weight is 259 g/mol. The number of amides is 2. The van der Waals surface area contributed by atoms with E-state index in [-0.39, 0.29) is 17.7 Å². The lowest BCUT2D eigenvalue weighted by molar-refractivity contribution is -0.118. The van der Waals surface area contributed by atoms with Gasteiger partial charge in [0, 0.05) is 18.7 Å². The molecule has 1 aromatic rings. The Kier molecular flexibility index (Phi) is 5.42. The maximum absolute atomic E-state index is 12.6. The monoisotopic (exact) mass is 258 g/mol. The predicted molar refractivity (Wildman–Crippen MR) is 62.5 cm³/mol. The molecule has 2 N–H and O–H groups in total. The molecule has 2 amide bonds. The van der Waals surface area contributed by atoms with Crippen LogP contribution in [-0.2, 0) is 4.79 Å². The number of halogens is 2. The van der Waals surface area contributed by atoms with Crippen LogP contribution < -0.4 is 10.6 Å². The van der Waals surface area contributed by atoms with Crippen molar-refractivity contribution in [2.24, 2.45) is 0 Å². The molecule has 1 rings (SSSR count). The summed E-state index contributed by atoms with van der Waals surface area (Å²) in [7, 11) is 0. The van der Waals surface area contributed by atoms with Crippen molar-refractivity contribution in [3.8, 4) is 0 Å². The van der Waals surface area contributed by atoms with E-state index in [9.17, 15) is 14.0 Å². The molecule has 0 saturated heterocycles. The van der Waals surface area contributed by atoms with Crippen LogP contribution in [0.4, 0.5) is 4.39 Å². The van der Waals surface area contributed by atoms with E-state index in [0.29, 0.717) is 18.7 Å². The number of carbonyl (C=O) groups is 2. The van der Waals surface area contributed by atoms with E-state index in [0.717, 1.165) is 0 Å². The molecule has 17 heavy (non-hydrogen) atoms. The number of carbonyl (C=O) groups excluding carboxylic acids is 2. The number of hydrogen-bond acceptors (Lipinski definition) is 2. The number of rotatable bonds is 5. The summed E-state index contributed by atoms with van der Waals surface area (Å²) >= 11 is 5.27. The molecule has 1 aromatic carbocycles. The first-order chi connectivity index (χ1) is 8.13. The fourth-order valence-corrected chi connectivity index (χ4v) is 1.22. The van der Waals surface area contributed by atoms with Crippen LogP contribution in [0.15, 0.2) is 24.3 Å². The van der Waals surface area contributed by atoms with Crippen LogP contribution in [0.2, 0.25) is 0 Å². The van der Waals surface area contributed by atoms with Gasteiger partial charge in [-0.15, -0.1) is 11.6 Å². The SMILES string of the molecule is O=C(CCl)NCCNC(=O)c1ccc(F)cc1. The molecule has 0 fully saturated rings. The first-order valence-electron chi connectivity index (χ1n) is 5.00. The third-order valence-corrected chi connectivity index (χ3v) is 2.20. The Bertz CT molecular complexity index is 395. The smallest absolute Gasteiger partial charge is 0.251 e. The van der Waals surface area contributed by atoms with Crippen LogP contribution in [0.1, 0.15) is 10.4 Å². The summed E-state index contributed by atoms with van der Waals surface area (Å²) in [6.07, 6.45) is 0. The zero-order chi connectivity index (χ0) is 12.7. The molecule has 0 saturated carbocycles. The first kappa shape index (κ1) is 13.4. The molecule has 0 bridgehead atoms. The molecule has 0 radical (unpaired) electrons. The Balaban J connectivity index is 2.30. The highest BCUT2D eigenvalue weighted by molar-refractivity contribution is 6.27. The zero-order valence-electron chi connectivity index (χ0n) is 9.00. The van der Waals surface area contributed by atoms with Gasteiger partial charge in [-0.2, -0.15) is 0 Å². The second-order valence-corrected chi connectivity index (χ2v) is 3.51. The Hall–Kier alpha value is -1.62. The van der Waals surface area contributed by atoms with Crippen molar-refractivity contribution in [3.05, 3.63) is 35.6 Å². The third kappa shape index (κ3) is 4.82. The van der Waals surface area contributed by atoms with E-state index in [4.69, 9.17) is 11.6 Å². The van der Waals surface area contributed by atoms with E-state index in [1.807, 2.05) is 0 Å². The highest BCUT2D eigenvalue weighted by Gasteiger charge is 2.04. The maximum atomic E-state index is 12.6. The summed E-state index contributed by atoms with van der Waals surface area (Å²) in [5.41, 5.74) is 0.370. The summed E-state index contributed by atoms with van der Waals surface area (Å²) in [6, 6.07) is 5.21. The Labute approximate surface area is 103 Å². The molecule has 92 valence electrons. The molecule has 0 unspecified atom stereocenters. The molecule has 0 spiro atoms. The van der Waals surface area contributed by atoms with Crippen molar-refractivity contribution in [1.29, 1.82) is 0 Å². The molecular formula is C11H12ClFN2O2. The number of hydrogen-bond donors (Lipinski definition) is 2. The van der Waals surface area contributed by atoms with Gasteiger partial charge in [0.15, 0.2) is 0 Å². The zero-order valence-corrected chi connectivity index (χ0v) is 9.76. The summed E-state index contributed by atoms with van der Waals surface area (Å²) < 4.78 is 12.6. The number of benzene rings is 1. The van der Waals surface area contributed by atoms with Gasteiger partial charge in [-0.25, -0.2) is 4.39 Å². The largest absolute Gasteiger partial charge is 0.353 e. The van der Waals surface area contributed by atoms with Crippen molar-refractivity contribution in [1.82, 2.24) is 10.6 Å². The standard InChI is InChI=1S/C11H12ClFN2O2/c12-7-10(16)14-5-6-15-11(17)8-1-3-9(13)4-2-8/h1-4H,5-7H2,(H,14,16)(H,15,17). The fraction of sp³-hybridized carbons (Fsp3) is 0.273. The van der Waals surface area contributed by atoms with Gasteiger partial charge in [-0.3, -0.25) is 9.59 Å². The van der Waals surface area contributed by atoms with Crippen molar-refractivity contribution in [2.45, 2.75) is 0 Å². The summed E-state index contributed by atoms with van der Waals surface area (Å²) in [6.45, 7) is 0.595. The third-order valence-electron chi connectivity index (χ3n) is 1.96. The quantitative estimate of drug-likeness (QED) is 0.609. The van der Waals surface area contributed by atoms with E-state index < -0.39 is 5.82 Å². The molecule has 0 aliphatic rings. The summed E-state index contributed by atoms with van der Waals surface area (Å²) in [5, 5.41) is 5.08. The minimum absolute atomic E-state index is 0.105. The molecule has 4 nitrogen and oxygen atoms in total. The van der Waals surface area contributed by atoms with E-state index in [1.54, 1.807) is 0 Å². The van der Waals surface area contributed by atoms with Crippen LogP contribution in [0.5, 0.6) is 0 Å². The maximum Gasteiger partial charge on any atom is 0.251 e. The topological polar surface area (TPSA) is 58.2 Å². The lowest BCUT2D eigenvalue weighted by atomic mass is 10.2. The minimum Gasteiger partial charge on any atom is -0.353 e. The highest BCUT2D eigenvalue weighted by Crippen LogP contribution is 2.01. The molecule has 0 aliphatic heterocycles. The molecular weight excluding hydrogens is 247 g/mol. The second kappa shape index (κ2) is 6.85. The Morgan fingerprint density at radius 3 is 2.29 bits per heavy atom. The fourth-order valence-electron chi connectivity index (χ4n) is 1.13. The van der Waals surface area contributed by atoms with Gasteiger partial charge < -0.3 is 10.6 Å². The van der Waals surface area contributed by atoms with Crippen molar-refractivity contribution >= 4 is 23.4 Å². The summed E-state index contributed by atoms with van der Waals surface area (Å²) in [4.78, 5) is 22.3. The molecule has 0 heterocycles. The first-order valence-corrected chi connectivity index (χ1v) is 5.53. The number of alkyl halides is 1. The lowest BCUT2D eigenvalue weighted by Gasteiger charge is -2.05. The second-order valence-electron chi connectivity index (χ2n) is 3.25. The Morgan fingerprint density at radius 2 is 1.71 bits per heavy atom. The van der Waals surface area contributed by atoms with Crippen LogP contribution in [0.3, 0.4) is 0 Å². The van der Waals surface area contributed by atoms with Gasteiger partial charge in [0.2, 0.25) is 5.91 Å². The molecule has 0 aliphatic carbocycles. The summed E-state index contributed by atoms with van der Waals surface area (Å²) in [5.74, 6) is -1.10. The Morgan fingerprint density at radius 1 is 1.12 bits per heavy atom. The van der Waals surface area contributed by atoms with Crippen LogP contribution in [-0.4, -0.2) is 30.8 Å². The van der Waals surface area contributed by atoms with E-state index >= 15 is 0 Å². The van der Waals surface area contributed by atoms with E-state index in [2.05, 4.69) is 10.6 Å². The predicted octanol–water partition coefficient (Wildman–Crippen LogP) is 0.910. The van der Waals surface area contributed by atoms with Gasteiger partial charge in [0.1, 0.15) is 11.7 Å². The van der Waals surface area contributed by atoms with Crippen LogP contribution >= 0.6 is 11.6 Å². The lowest BCUT2D eigenvalue weighted by Crippen LogP contribution is -2.35. The normalized spacial score (nSPS) is 9.76. The van der Waals surface area contributed by atoms with Crippen LogP contribution in [0.25, 0.3) is 0 Å². The van der Waals surface area contributed by atoms with Gasteiger partial charge in [-0.05, 0) is 24.3 Å². The van der Waals surface area contributed by atoms with Gasteiger partial charge >= 0.3 is 0 Å². The van der Waals surface area contributed by atoms with Crippen LogP contribution in [0, 0.1) is 5.82 Å². The van der Waals surface area contributed by atoms with Gasteiger partial charge in [-0.1, -0.05) is 0 Å². The molecule has 0 atom stereocenters. The number of nitrogens with one attached hydrogen (secondary N) is 2. The van der Waals surface area contributed by atoms with Gasteiger partial charge in [0.05, 0.1) is 0 Å². The highest BCUT2D eigenvalue weighted by atomic mass is 35.5. The minimum atomic E-state index is -0.393. The van der Waals surface area contributed by atoms with Crippen molar-refractivity contribution in [2.75, 3.05) is 19.0 Å².